The van der Waals surface area contributed by atoms with Crippen molar-refractivity contribution in [2.45, 2.75) is 49.4 Å². The third kappa shape index (κ3) is 5.05. The minimum Gasteiger partial charge on any atom is -0.384 e. The maximum atomic E-state index is 14.6. The fourth-order valence-corrected chi connectivity index (χ4v) is 6.29. The van der Waals surface area contributed by atoms with Crippen molar-refractivity contribution in [3.8, 4) is 0 Å². The number of piperidine rings is 1. The number of aliphatic hydroxyl groups excluding tert-OH is 1. The van der Waals surface area contributed by atoms with Gasteiger partial charge < -0.3 is 10.0 Å². The molecule has 2 aromatic carbocycles. The van der Waals surface area contributed by atoms with Crippen LogP contribution in [0.3, 0.4) is 0 Å². The number of aliphatic hydroxyl groups is 1. The monoisotopic (exact) mass is 571 g/mol. The number of carbonyl (C=O) groups excluding carboxylic acids is 1. The lowest BCUT2D eigenvalue weighted by atomic mass is 9.78. The summed E-state index contributed by atoms with van der Waals surface area (Å²) >= 11 is 0. The van der Waals surface area contributed by atoms with Crippen LogP contribution in [-0.2, 0) is 11.2 Å². The Kier molecular flexibility index (Phi) is 7.29. The van der Waals surface area contributed by atoms with Gasteiger partial charge in [0.25, 0.3) is 0 Å². The number of hydrogen-bond acceptors (Lipinski definition) is 5. The summed E-state index contributed by atoms with van der Waals surface area (Å²) in [6.45, 7) is 8.34. The van der Waals surface area contributed by atoms with Gasteiger partial charge in [-0.25, -0.2) is 4.85 Å². The van der Waals surface area contributed by atoms with Crippen molar-refractivity contribution in [2.24, 2.45) is 0 Å². The highest BCUT2D eigenvalue weighted by Gasteiger charge is 2.54. The van der Waals surface area contributed by atoms with E-state index in [-0.39, 0.29) is 23.6 Å². The van der Waals surface area contributed by atoms with Crippen LogP contribution in [0.15, 0.2) is 79.1 Å². The first-order chi connectivity index (χ1) is 20.3. The van der Waals surface area contributed by atoms with E-state index in [9.17, 15) is 23.1 Å². The average Bonchev–Trinajstić information content (AvgIpc) is 3.36. The predicted octanol–water partition coefficient (Wildman–Crippen LogP) is 5.98. The molecule has 10 heteroatoms. The van der Waals surface area contributed by atoms with Crippen LogP contribution in [0, 0.1) is 6.57 Å². The van der Waals surface area contributed by atoms with Gasteiger partial charge in [0, 0.05) is 42.7 Å². The average molecular weight is 572 g/mol. The summed E-state index contributed by atoms with van der Waals surface area (Å²) in [5.41, 5.74) is 3.29. The summed E-state index contributed by atoms with van der Waals surface area (Å²) in [6.07, 6.45) is -3.15. The first kappa shape index (κ1) is 27.7. The Hall–Kier alpha value is -4.49. The highest BCUT2D eigenvalue weighted by Crippen LogP contribution is 2.48. The minimum atomic E-state index is -4.84. The van der Waals surface area contributed by atoms with Crippen LogP contribution in [-0.4, -0.2) is 51.0 Å². The molecular weight excluding hydrogens is 543 g/mol. The second-order valence-electron chi connectivity index (χ2n) is 10.8. The Morgan fingerprint density at radius 2 is 1.60 bits per heavy atom. The number of aromatic nitrogens is 3. The number of carbonyl (C=O) groups is 1. The molecule has 2 aromatic heterocycles. The zero-order valence-electron chi connectivity index (χ0n) is 22.6. The Bertz CT molecular complexity index is 1580. The van der Waals surface area contributed by atoms with Gasteiger partial charge in [-0.3, -0.25) is 14.5 Å². The van der Waals surface area contributed by atoms with Gasteiger partial charge in [-0.2, -0.15) is 18.3 Å². The second-order valence-corrected chi connectivity index (χ2v) is 10.8. The summed E-state index contributed by atoms with van der Waals surface area (Å²) in [4.78, 5) is 22.5. The molecule has 1 N–H and O–H groups in total. The van der Waals surface area contributed by atoms with Gasteiger partial charge >= 0.3 is 6.18 Å². The molecule has 1 aliphatic carbocycles. The molecule has 2 aliphatic rings. The Labute approximate surface area is 241 Å². The molecule has 1 aliphatic heterocycles. The van der Waals surface area contributed by atoms with Crippen LogP contribution >= 0.6 is 0 Å². The minimum absolute atomic E-state index is 0.0680. The van der Waals surface area contributed by atoms with Crippen molar-refractivity contribution < 1.29 is 23.1 Å². The van der Waals surface area contributed by atoms with Crippen LogP contribution in [0.5, 0.6) is 0 Å². The molecule has 0 bridgehead atoms. The van der Waals surface area contributed by atoms with Crippen molar-refractivity contribution in [1.82, 2.24) is 14.8 Å². The second kappa shape index (κ2) is 11.1. The van der Waals surface area contributed by atoms with Gasteiger partial charge in [0.2, 0.25) is 5.69 Å². The number of hydrogen-bond donors (Lipinski definition) is 1. The summed E-state index contributed by atoms with van der Waals surface area (Å²) in [6, 6.07) is 20.0. The lowest BCUT2D eigenvalue weighted by Gasteiger charge is -2.35. The van der Waals surface area contributed by atoms with Crippen LogP contribution in [0.25, 0.3) is 4.85 Å². The molecule has 0 spiro atoms. The quantitative estimate of drug-likeness (QED) is 0.298. The highest BCUT2D eigenvalue weighted by molar-refractivity contribution is 5.88. The topological polar surface area (TPSA) is 75.6 Å². The van der Waals surface area contributed by atoms with Crippen molar-refractivity contribution in [1.29, 1.82) is 0 Å². The molecule has 3 heterocycles. The zero-order valence-corrected chi connectivity index (χ0v) is 22.6. The smallest absolute Gasteiger partial charge is 0.384 e. The number of alkyl halides is 3. The molecule has 6 rings (SSSR count). The summed E-state index contributed by atoms with van der Waals surface area (Å²) in [5, 5.41) is 15.5. The molecule has 2 atom stereocenters. The number of nitrogens with zero attached hydrogens (tertiary/aromatic N) is 5. The molecule has 1 fully saturated rings. The maximum absolute atomic E-state index is 14.6. The number of fused-ring (bicyclic) bond motifs is 1. The van der Waals surface area contributed by atoms with Gasteiger partial charge in [0.05, 0.1) is 24.4 Å². The number of ketones is 1. The number of pyridine rings is 1. The zero-order chi connectivity index (χ0) is 29.4. The Morgan fingerprint density at radius 3 is 2.17 bits per heavy atom. The van der Waals surface area contributed by atoms with Crippen molar-refractivity contribution in [3.05, 3.63) is 119 Å². The van der Waals surface area contributed by atoms with Crippen LogP contribution in [0.2, 0.25) is 0 Å². The molecule has 0 radical (unpaired) electrons. The van der Waals surface area contributed by atoms with E-state index < -0.39 is 30.0 Å². The van der Waals surface area contributed by atoms with Gasteiger partial charge in [0.1, 0.15) is 18.1 Å². The molecule has 0 unspecified atom stereocenters. The number of halogens is 3. The molecule has 42 heavy (non-hydrogen) atoms. The largest absolute Gasteiger partial charge is 0.398 e. The SMILES string of the molecule is [C-]#[N+]c1cncc(N2CCC(c3nn(C(c4ccccc4)c4ccccc4)c4c3[C@@H](C(F)(F)F)[C@@H](O)C(=O)C4)CC2)c1. The highest BCUT2D eigenvalue weighted by atomic mass is 19.4. The molecule has 7 nitrogen and oxygen atoms in total. The van der Waals surface area contributed by atoms with Gasteiger partial charge in [-0.05, 0) is 30.0 Å². The first-order valence-corrected chi connectivity index (χ1v) is 13.8. The molecule has 1 saturated heterocycles. The van der Waals surface area contributed by atoms with Crippen LogP contribution in [0.4, 0.5) is 24.5 Å². The van der Waals surface area contributed by atoms with Crippen LogP contribution < -0.4 is 4.90 Å². The van der Waals surface area contributed by atoms with E-state index in [1.807, 2.05) is 60.7 Å². The molecule has 4 aromatic rings. The van der Waals surface area contributed by atoms with E-state index in [2.05, 4.69) is 14.7 Å². The Morgan fingerprint density at radius 1 is 0.976 bits per heavy atom. The van der Waals surface area contributed by atoms with Crippen molar-refractivity contribution >= 4 is 17.2 Å². The lowest BCUT2D eigenvalue weighted by molar-refractivity contribution is -0.179. The van der Waals surface area contributed by atoms with E-state index in [4.69, 9.17) is 11.7 Å². The van der Waals surface area contributed by atoms with Crippen molar-refractivity contribution in [2.75, 3.05) is 18.0 Å². The standard InChI is InChI=1S/C32H28F3N5O2/c1-36-23-16-24(19-37-18-23)39-14-12-20(13-15-39)29-27-25(17-26(41)31(42)28(27)32(33,34)35)40(38-29)30(21-8-4-2-5-9-21)22-10-6-3-7-11-22/h2-11,16,18-20,28,30-31,42H,12-15,17H2/t28-,31+/m1/s1. The van der Waals surface area contributed by atoms with Gasteiger partial charge in [-0.15, -0.1) is 0 Å². The van der Waals surface area contributed by atoms with E-state index in [1.165, 1.54) is 6.20 Å². The summed E-state index contributed by atoms with van der Waals surface area (Å²) < 4.78 is 45.4. The van der Waals surface area contributed by atoms with Gasteiger partial charge in [-0.1, -0.05) is 60.7 Å². The van der Waals surface area contributed by atoms with E-state index in [1.54, 1.807) is 16.9 Å². The van der Waals surface area contributed by atoms with Gasteiger partial charge in [0.15, 0.2) is 5.78 Å². The number of anilines is 1. The normalized spacial score (nSPS) is 19.5. The maximum Gasteiger partial charge on any atom is 0.398 e. The summed E-state index contributed by atoms with van der Waals surface area (Å²) in [5.74, 6) is -3.52. The third-order valence-electron chi connectivity index (χ3n) is 8.29. The number of rotatable bonds is 5. The lowest BCUT2D eigenvalue weighted by Crippen LogP contribution is -2.43. The Balaban J connectivity index is 1.46. The molecular formula is C32H28F3N5O2. The fourth-order valence-electron chi connectivity index (χ4n) is 6.29. The third-order valence-corrected chi connectivity index (χ3v) is 8.29. The number of benzene rings is 2. The fraction of sp³-hybridized carbons (Fsp3) is 0.312. The van der Waals surface area contributed by atoms with Crippen LogP contribution in [0.1, 0.15) is 58.8 Å². The first-order valence-electron chi connectivity index (χ1n) is 13.8. The van der Waals surface area contributed by atoms with Crippen molar-refractivity contribution in [3.63, 3.8) is 0 Å². The van der Waals surface area contributed by atoms with E-state index >= 15 is 0 Å². The predicted molar refractivity (Wildman–Crippen MR) is 151 cm³/mol. The number of Topliss-reactive ketones (excluding diaryl/α,β-unsaturated/α-hetero) is 1. The van der Waals surface area contributed by atoms with E-state index in [0.717, 1.165) is 16.8 Å². The molecule has 214 valence electrons. The molecule has 0 saturated carbocycles. The van der Waals surface area contributed by atoms with E-state index in [0.29, 0.717) is 37.3 Å². The molecule has 0 amide bonds. The summed E-state index contributed by atoms with van der Waals surface area (Å²) in [7, 11) is 0.